The maximum absolute atomic E-state index is 6.43. The van der Waals surface area contributed by atoms with E-state index in [0.717, 1.165) is 50.5 Å². The van der Waals surface area contributed by atoms with Crippen LogP contribution in [0.4, 0.5) is 17.1 Å². The van der Waals surface area contributed by atoms with Gasteiger partial charge >= 0.3 is 6.98 Å². The predicted octanol–water partition coefficient (Wildman–Crippen LogP) is 6.83. The SMILES string of the molecule is [c-]1n(-c2cccc(Oc3ccc4c(n3)B3Nc5ccccc5N3c3ccccc3-4)c2)c2ccccc2[n+]1-c1ccccc1. The topological polar surface area (TPSA) is 46.2 Å². The number of nitrogens with one attached hydrogen (secondary N) is 1. The number of aromatic nitrogens is 3. The van der Waals surface area contributed by atoms with Crippen molar-refractivity contribution in [3.8, 4) is 34.1 Å². The summed E-state index contributed by atoms with van der Waals surface area (Å²) in [5.74, 6) is 1.26. The lowest BCUT2D eigenvalue weighted by Gasteiger charge is -2.32. The molecule has 0 aliphatic carbocycles. The van der Waals surface area contributed by atoms with Crippen molar-refractivity contribution in [2.75, 3.05) is 10.0 Å². The van der Waals surface area contributed by atoms with Crippen molar-refractivity contribution in [2.45, 2.75) is 0 Å². The number of fused-ring (bicyclic) bond motifs is 9. The maximum atomic E-state index is 6.43. The summed E-state index contributed by atoms with van der Waals surface area (Å²) in [5.41, 5.74) is 10.8. The van der Waals surface area contributed by atoms with Gasteiger partial charge in [-0.2, -0.15) is 0 Å². The van der Waals surface area contributed by atoms with E-state index in [2.05, 4.69) is 123 Å². The van der Waals surface area contributed by atoms with Gasteiger partial charge in [-0.3, -0.25) is 9.13 Å². The van der Waals surface area contributed by atoms with Gasteiger partial charge in [0.15, 0.2) is 0 Å². The molecule has 1 N–H and O–H groups in total. The summed E-state index contributed by atoms with van der Waals surface area (Å²) >= 11 is 0. The first-order valence-corrected chi connectivity index (χ1v) is 14.4. The Morgan fingerprint density at radius 1 is 0.698 bits per heavy atom. The van der Waals surface area contributed by atoms with Crippen LogP contribution in [0.2, 0.25) is 0 Å². The summed E-state index contributed by atoms with van der Waals surface area (Å²) in [4.78, 5) is 7.42. The predicted molar refractivity (Wildman–Crippen MR) is 171 cm³/mol. The zero-order valence-electron chi connectivity index (χ0n) is 23.1. The second-order valence-corrected chi connectivity index (χ2v) is 10.7. The van der Waals surface area contributed by atoms with Gasteiger partial charge in [0.05, 0.1) is 33.7 Å². The third kappa shape index (κ3) is 3.75. The molecular formula is C36H24BN5O. The molecular weight excluding hydrogens is 529 g/mol. The molecule has 7 aromatic rings. The third-order valence-electron chi connectivity index (χ3n) is 8.20. The highest BCUT2D eigenvalue weighted by Gasteiger charge is 2.43. The van der Waals surface area contributed by atoms with Crippen molar-refractivity contribution < 1.29 is 9.30 Å². The number of benzene rings is 5. The van der Waals surface area contributed by atoms with E-state index >= 15 is 0 Å². The minimum absolute atomic E-state index is 0.119. The molecule has 43 heavy (non-hydrogen) atoms. The van der Waals surface area contributed by atoms with Crippen LogP contribution in [0.5, 0.6) is 11.6 Å². The first kappa shape index (κ1) is 23.8. The molecule has 0 radical (unpaired) electrons. The Balaban J connectivity index is 1.10. The molecule has 0 saturated carbocycles. The third-order valence-corrected chi connectivity index (χ3v) is 8.20. The normalized spacial score (nSPS) is 12.7. The van der Waals surface area contributed by atoms with E-state index in [1.807, 2.05) is 42.5 Å². The largest absolute Gasteiger partial charge is 0.440 e. The van der Waals surface area contributed by atoms with Gasteiger partial charge in [-0.05, 0) is 54.6 Å². The number of rotatable bonds is 4. The lowest BCUT2D eigenvalue weighted by molar-refractivity contribution is -0.572. The highest BCUT2D eigenvalue weighted by atomic mass is 16.5. The van der Waals surface area contributed by atoms with Crippen molar-refractivity contribution in [3.63, 3.8) is 0 Å². The standard InChI is InChI=1S/C36H24BN5O/c1-2-11-25(12-3-1)40-24-41(34-20-9-8-19-33(34)40)26-13-10-14-27(23-26)43-35-22-21-29-28-15-4-6-17-31(28)42-32-18-7-5-16-30(32)39-37(42)36(29)38-35/h1-23,39H. The Kier molecular flexibility index (Phi) is 5.19. The number of hydrogen-bond acceptors (Lipinski definition) is 4. The summed E-state index contributed by atoms with van der Waals surface area (Å²) in [6.07, 6.45) is 3.55. The van der Waals surface area contributed by atoms with Gasteiger partial charge in [-0.25, -0.2) is 4.98 Å². The van der Waals surface area contributed by atoms with Crippen molar-refractivity contribution in [1.29, 1.82) is 0 Å². The van der Waals surface area contributed by atoms with Gasteiger partial charge in [-0.15, -0.1) is 0 Å². The molecule has 2 aliphatic rings. The number of para-hydroxylation sites is 6. The van der Waals surface area contributed by atoms with Crippen LogP contribution < -0.4 is 24.9 Å². The summed E-state index contributed by atoms with van der Waals surface area (Å²) in [6.45, 7) is -0.119. The van der Waals surface area contributed by atoms with Gasteiger partial charge in [0.1, 0.15) is 5.75 Å². The second kappa shape index (κ2) is 9.36. The zero-order chi connectivity index (χ0) is 28.3. The van der Waals surface area contributed by atoms with Crippen LogP contribution >= 0.6 is 0 Å². The van der Waals surface area contributed by atoms with Crippen molar-refractivity contribution in [3.05, 3.63) is 146 Å². The first-order valence-electron chi connectivity index (χ1n) is 14.4. The molecule has 0 saturated heterocycles. The molecule has 0 amide bonds. The molecule has 202 valence electrons. The number of hydrogen-bond donors (Lipinski definition) is 1. The quantitative estimate of drug-likeness (QED) is 0.147. The fourth-order valence-electron chi connectivity index (χ4n) is 6.30. The Labute approximate surface area is 249 Å². The smallest absolute Gasteiger partial charge is 0.433 e. The summed E-state index contributed by atoms with van der Waals surface area (Å²) in [7, 11) is 0. The van der Waals surface area contributed by atoms with Crippen LogP contribution in [0.15, 0.2) is 140 Å². The minimum atomic E-state index is -0.119. The number of anilines is 3. The van der Waals surface area contributed by atoms with Crippen LogP contribution in [-0.4, -0.2) is 16.5 Å². The van der Waals surface area contributed by atoms with Crippen LogP contribution in [0.25, 0.3) is 33.5 Å². The lowest BCUT2D eigenvalue weighted by Crippen LogP contribution is -2.52. The van der Waals surface area contributed by atoms with E-state index in [1.54, 1.807) is 0 Å². The monoisotopic (exact) mass is 553 g/mol. The van der Waals surface area contributed by atoms with E-state index in [9.17, 15) is 0 Å². The Hall–Kier alpha value is -5.82. The molecule has 0 atom stereocenters. The average molecular weight is 553 g/mol. The van der Waals surface area contributed by atoms with E-state index in [-0.39, 0.29) is 6.98 Å². The van der Waals surface area contributed by atoms with E-state index in [1.165, 1.54) is 5.69 Å². The molecule has 4 heterocycles. The first-order chi connectivity index (χ1) is 21.3. The van der Waals surface area contributed by atoms with Crippen LogP contribution in [0.3, 0.4) is 0 Å². The summed E-state index contributed by atoms with van der Waals surface area (Å²) < 4.78 is 10.6. The Bertz CT molecular complexity index is 2180. The Morgan fingerprint density at radius 2 is 1.49 bits per heavy atom. The fraction of sp³-hybridized carbons (Fsp3) is 0. The fourth-order valence-corrected chi connectivity index (χ4v) is 6.30. The average Bonchev–Trinajstić information content (AvgIpc) is 3.65. The number of pyridine rings is 1. The molecule has 0 unspecified atom stereocenters. The van der Waals surface area contributed by atoms with Crippen LogP contribution in [0.1, 0.15) is 0 Å². The van der Waals surface area contributed by atoms with Gasteiger partial charge in [-0.1, -0.05) is 78.9 Å². The van der Waals surface area contributed by atoms with E-state index in [0.29, 0.717) is 11.6 Å². The van der Waals surface area contributed by atoms with Gasteiger partial charge in [0.25, 0.3) is 6.33 Å². The maximum Gasteiger partial charge on any atom is 0.433 e. The molecule has 2 aromatic heterocycles. The zero-order valence-corrected chi connectivity index (χ0v) is 23.1. The second-order valence-electron chi connectivity index (χ2n) is 10.7. The molecule has 7 heteroatoms. The summed E-state index contributed by atoms with van der Waals surface area (Å²) in [6, 6.07) is 47.7. The van der Waals surface area contributed by atoms with Gasteiger partial charge in [0, 0.05) is 28.6 Å². The van der Waals surface area contributed by atoms with E-state index in [4.69, 9.17) is 9.72 Å². The molecule has 0 spiro atoms. The van der Waals surface area contributed by atoms with E-state index < -0.39 is 0 Å². The van der Waals surface area contributed by atoms with Crippen LogP contribution in [-0.2, 0) is 0 Å². The Morgan fingerprint density at radius 3 is 2.42 bits per heavy atom. The molecule has 0 fully saturated rings. The molecule has 0 bridgehead atoms. The van der Waals surface area contributed by atoms with Crippen LogP contribution in [0, 0.1) is 6.33 Å². The van der Waals surface area contributed by atoms with Crippen molar-refractivity contribution in [1.82, 2.24) is 9.55 Å². The number of ether oxygens (including phenoxy) is 1. The molecule has 9 rings (SSSR count). The minimum Gasteiger partial charge on any atom is -0.440 e. The number of imidazole rings is 1. The molecule has 2 aliphatic heterocycles. The van der Waals surface area contributed by atoms with Crippen molar-refractivity contribution >= 4 is 40.7 Å². The highest BCUT2D eigenvalue weighted by Crippen LogP contribution is 2.45. The highest BCUT2D eigenvalue weighted by molar-refractivity contribution is 6.84. The van der Waals surface area contributed by atoms with Crippen molar-refractivity contribution in [2.24, 2.45) is 0 Å². The number of nitrogens with zero attached hydrogens (tertiary/aromatic N) is 4. The summed E-state index contributed by atoms with van der Waals surface area (Å²) in [5, 5.41) is 3.69. The molecule has 5 aromatic carbocycles. The van der Waals surface area contributed by atoms with Gasteiger partial charge < -0.3 is 14.8 Å². The molecule has 6 nitrogen and oxygen atoms in total. The lowest BCUT2D eigenvalue weighted by atomic mass is 9.64. The van der Waals surface area contributed by atoms with Gasteiger partial charge in [0.2, 0.25) is 5.88 Å².